The van der Waals surface area contributed by atoms with Crippen molar-refractivity contribution in [3.05, 3.63) is 12.2 Å². The van der Waals surface area contributed by atoms with Crippen molar-refractivity contribution in [1.29, 1.82) is 0 Å². The van der Waals surface area contributed by atoms with Crippen LogP contribution in [0.2, 0.25) is 19.6 Å². The Balaban J connectivity index is 3.28. The molecule has 0 aliphatic heterocycles. The first-order chi connectivity index (χ1) is 4.06. The van der Waals surface area contributed by atoms with Gasteiger partial charge in [0.05, 0.1) is 6.61 Å². The van der Waals surface area contributed by atoms with Crippen LogP contribution in [0.25, 0.3) is 0 Å². The standard InChI is InChI=1S/C7H16OSi/c1-5-6-7-8-9(2,3)4/h5-6H,7H2,1-4H3. The van der Waals surface area contributed by atoms with E-state index in [4.69, 9.17) is 4.43 Å². The molecule has 0 radical (unpaired) electrons. The summed E-state index contributed by atoms with van der Waals surface area (Å²) in [6.07, 6.45) is 4.05. The molecule has 1 nitrogen and oxygen atoms in total. The Labute approximate surface area is 58.9 Å². The predicted molar refractivity (Wildman–Crippen MR) is 44.1 cm³/mol. The second-order valence-corrected chi connectivity index (χ2v) is 7.51. The quantitative estimate of drug-likeness (QED) is 0.436. The lowest BCUT2D eigenvalue weighted by atomic mass is 10.6. The summed E-state index contributed by atoms with van der Waals surface area (Å²) in [6.45, 7) is 9.36. The van der Waals surface area contributed by atoms with Crippen molar-refractivity contribution in [2.45, 2.75) is 26.6 Å². The third kappa shape index (κ3) is 7.92. The van der Waals surface area contributed by atoms with E-state index in [1.54, 1.807) is 0 Å². The van der Waals surface area contributed by atoms with Crippen LogP contribution in [0.5, 0.6) is 0 Å². The van der Waals surface area contributed by atoms with Crippen molar-refractivity contribution < 1.29 is 4.43 Å². The summed E-state index contributed by atoms with van der Waals surface area (Å²) >= 11 is 0. The second kappa shape index (κ2) is 3.85. The molecule has 0 aromatic rings. The zero-order chi connectivity index (χ0) is 7.33. The van der Waals surface area contributed by atoms with Gasteiger partial charge in [0.15, 0.2) is 8.32 Å². The summed E-state index contributed by atoms with van der Waals surface area (Å²) in [5.74, 6) is 0. The second-order valence-electron chi connectivity index (χ2n) is 2.99. The average Bonchev–Trinajstić information content (AvgIpc) is 1.63. The van der Waals surface area contributed by atoms with Crippen molar-refractivity contribution in [3.63, 3.8) is 0 Å². The third-order valence-corrected chi connectivity index (χ3v) is 1.88. The molecular weight excluding hydrogens is 128 g/mol. The molecular formula is C7H16OSi. The normalized spacial score (nSPS) is 12.9. The van der Waals surface area contributed by atoms with Crippen LogP contribution in [0.15, 0.2) is 12.2 Å². The van der Waals surface area contributed by atoms with Gasteiger partial charge in [0.2, 0.25) is 0 Å². The smallest absolute Gasteiger partial charge is 0.184 e. The van der Waals surface area contributed by atoms with Gasteiger partial charge in [0, 0.05) is 0 Å². The van der Waals surface area contributed by atoms with Crippen LogP contribution in [0.3, 0.4) is 0 Å². The molecule has 54 valence electrons. The monoisotopic (exact) mass is 144 g/mol. The summed E-state index contributed by atoms with van der Waals surface area (Å²) in [5.41, 5.74) is 0. The van der Waals surface area contributed by atoms with E-state index in [0.717, 1.165) is 6.61 Å². The van der Waals surface area contributed by atoms with E-state index in [1.165, 1.54) is 0 Å². The summed E-state index contributed by atoms with van der Waals surface area (Å²) in [6, 6.07) is 0. The highest BCUT2D eigenvalue weighted by Crippen LogP contribution is 2.01. The van der Waals surface area contributed by atoms with E-state index >= 15 is 0 Å². The molecule has 0 aliphatic carbocycles. The van der Waals surface area contributed by atoms with E-state index in [1.807, 2.05) is 19.1 Å². The molecule has 0 aromatic carbocycles. The SMILES string of the molecule is CC=CCO[Si](C)(C)C. The van der Waals surface area contributed by atoms with Gasteiger partial charge in [-0.2, -0.15) is 0 Å². The van der Waals surface area contributed by atoms with Crippen LogP contribution in [-0.2, 0) is 4.43 Å². The maximum atomic E-state index is 5.52. The van der Waals surface area contributed by atoms with Gasteiger partial charge in [-0.1, -0.05) is 12.2 Å². The van der Waals surface area contributed by atoms with E-state index in [2.05, 4.69) is 19.6 Å². The molecule has 0 atom stereocenters. The molecule has 0 bridgehead atoms. The lowest BCUT2D eigenvalue weighted by molar-refractivity contribution is 0.357. The minimum absolute atomic E-state index is 0.784. The fourth-order valence-electron chi connectivity index (χ4n) is 0.394. The molecule has 0 heterocycles. The Morgan fingerprint density at radius 1 is 1.33 bits per heavy atom. The first-order valence-electron chi connectivity index (χ1n) is 3.31. The van der Waals surface area contributed by atoms with E-state index in [0.29, 0.717) is 0 Å². The Hall–Kier alpha value is -0.0831. The number of allylic oxidation sites excluding steroid dienone is 1. The molecule has 0 saturated heterocycles. The molecule has 9 heavy (non-hydrogen) atoms. The zero-order valence-corrected chi connectivity index (χ0v) is 7.77. The van der Waals surface area contributed by atoms with Crippen LogP contribution >= 0.6 is 0 Å². The summed E-state index contributed by atoms with van der Waals surface area (Å²) in [5, 5.41) is 0. The van der Waals surface area contributed by atoms with Gasteiger partial charge >= 0.3 is 0 Å². The molecule has 0 fully saturated rings. The predicted octanol–water partition coefficient (Wildman–Crippen LogP) is 2.41. The van der Waals surface area contributed by atoms with Gasteiger partial charge in [0.1, 0.15) is 0 Å². The molecule has 0 spiro atoms. The topological polar surface area (TPSA) is 9.23 Å². The van der Waals surface area contributed by atoms with Crippen LogP contribution in [0.1, 0.15) is 6.92 Å². The van der Waals surface area contributed by atoms with Gasteiger partial charge in [-0.05, 0) is 26.6 Å². The van der Waals surface area contributed by atoms with Crippen LogP contribution in [0.4, 0.5) is 0 Å². The van der Waals surface area contributed by atoms with Crippen molar-refractivity contribution in [3.8, 4) is 0 Å². The minimum Gasteiger partial charge on any atom is -0.414 e. The van der Waals surface area contributed by atoms with Crippen LogP contribution in [0, 0.1) is 0 Å². The maximum Gasteiger partial charge on any atom is 0.184 e. The highest BCUT2D eigenvalue weighted by molar-refractivity contribution is 6.69. The summed E-state index contributed by atoms with van der Waals surface area (Å²) < 4.78 is 5.52. The van der Waals surface area contributed by atoms with Crippen molar-refractivity contribution in [2.24, 2.45) is 0 Å². The van der Waals surface area contributed by atoms with E-state index in [9.17, 15) is 0 Å². The van der Waals surface area contributed by atoms with Gasteiger partial charge in [-0.15, -0.1) is 0 Å². The van der Waals surface area contributed by atoms with Crippen molar-refractivity contribution >= 4 is 8.32 Å². The first kappa shape index (κ1) is 8.92. The van der Waals surface area contributed by atoms with Crippen LogP contribution in [-0.4, -0.2) is 14.9 Å². The highest BCUT2D eigenvalue weighted by atomic mass is 28.4. The molecule has 0 aromatic heterocycles. The third-order valence-electron chi connectivity index (χ3n) is 0.848. The first-order valence-corrected chi connectivity index (χ1v) is 6.72. The fraction of sp³-hybridized carbons (Fsp3) is 0.714. The van der Waals surface area contributed by atoms with Gasteiger partial charge < -0.3 is 4.43 Å². The number of hydrogen-bond acceptors (Lipinski definition) is 1. The average molecular weight is 144 g/mol. The lowest BCUT2D eigenvalue weighted by Crippen LogP contribution is -2.25. The fourth-order valence-corrected chi connectivity index (χ4v) is 0.991. The molecule has 0 rings (SSSR count). The largest absolute Gasteiger partial charge is 0.414 e. The van der Waals surface area contributed by atoms with Gasteiger partial charge in [0.25, 0.3) is 0 Å². The minimum atomic E-state index is -1.25. The van der Waals surface area contributed by atoms with E-state index in [-0.39, 0.29) is 0 Å². The highest BCUT2D eigenvalue weighted by Gasteiger charge is 2.11. The Morgan fingerprint density at radius 2 is 1.89 bits per heavy atom. The van der Waals surface area contributed by atoms with E-state index < -0.39 is 8.32 Å². The number of hydrogen-bond donors (Lipinski definition) is 0. The molecule has 0 aliphatic rings. The molecule has 0 amide bonds. The Kier molecular flexibility index (Phi) is 3.82. The molecule has 2 heteroatoms. The Morgan fingerprint density at radius 3 is 2.22 bits per heavy atom. The van der Waals surface area contributed by atoms with Crippen molar-refractivity contribution in [2.75, 3.05) is 6.61 Å². The number of rotatable bonds is 3. The lowest BCUT2D eigenvalue weighted by Gasteiger charge is -2.14. The Bertz CT molecular complexity index is 91.6. The summed E-state index contributed by atoms with van der Waals surface area (Å²) in [7, 11) is -1.25. The molecule has 0 saturated carbocycles. The zero-order valence-electron chi connectivity index (χ0n) is 6.77. The van der Waals surface area contributed by atoms with Gasteiger partial charge in [-0.25, -0.2) is 0 Å². The van der Waals surface area contributed by atoms with Crippen LogP contribution < -0.4 is 0 Å². The molecule has 0 N–H and O–H groups in total. The maximum absolute atomic E-state index is 5.52. The summed E-state index contributed by atoms with van der Waals surface area (Å²) in [4.78, 5) is 0. The van der Waals surface area contributed by atoms with Gasteiger partial charge in [-0.3, -0.25) is 0 Å². The van der Waals surface area contributed by atoms with Crippen molar-refractivity contribution in [1.82, 2.24) is 0 Å². The molecule has 0 unspecified atom stereocenters.